The van der Waals surface area contributed by atoms with Gasteiger partial charge in [0.15, 0.2) is 0 Å². The standard InChI is InChI=1S/C18H23NO2S2/c1-19(9-7-15-4-3-11-22-15)13-14-8-10-21-18-12-16(23-20-2)5-6-17(14)18/h3-6,11-12,14H,7-10,13H2,1-2H3. The minimum atomic E-state index is 0.550. The van der Waals surface area contributed by atoms with Crippen LogP contribution >= 0.6 is 23.4 Å². The number of fused-ring (bicyclic) bond motifs is 1. The molecule has 1 aromatic carbocycles. The van der Waals surface area contributed by atoms with Gasteiger partial charge >= 0.3 is 0 Å². The monoisotopic (exact) mass is 349 g/mol. The number of thiophene rings is 1. The van der Waals surface area contributed by atoms with Gasteiger partial charge < -0.3 is 13.8 Å². The molecule has 3 nitrogen and oxygen atoms in total. The predicted molar refractivity (Wildman–Crippen MR) is 97.7 cm³/mol. The van der Waals surface area contributed by atoms with E-state index in [0.717, 1.165) is 43.2 Å². The van der Waals surface area contributed by atoms with Gasteiger partial charge in [0.25, 0.3) is 0 Å². The Hall–Kier alpha value is -1.01. The first-order valence-electron chi connectivity index (χ1n) is 7.94. The molecular formula is C18H23NO2S2. The number of rotatable bonds is 7. The Morgan fingerprint density at radius 2 is 2.30 bits per heavy atom. The lowest BCUT2D eigenvalue weighted by atomic mass is 9.92. The third kappa shape index (κ3) is 4.51. The molecule has 0 bridgehead atoms. The highest BCUT2D eigenvalue weighted by atomic mass is 32.2. The Balaban J connectivity index is 1.60. The van der Waals surface area contributed by atoms with Crippen LogP contribution in [0.3, 0.4) is 0 Å². The summed E-state index contributed by atoms with van der Waals surface area (Å²) in [6, 6.07) is 10.8. The third-order valence-electron chi connectivity index (χ3n) is 4.18. The second-order valence-corrected chi connectivity index (χ2v) is 7.88. The first-order valence-corrected chi connectivity index (χ1v) is 9.56. The van der Waals surface area contributed by atoms with Crippen molar-refractivity contribution >= 4 is 23.4 Å². The topological polar surface area (TPSA) is 21.7 Å². The first-order chi connectivity index (χ1) is 11.3. The molecule has 1 aromatic heterocycles. The maximum absolute atomic E-state index is 5.86. The summed E-state index contributed by atoms with van der Waals surface area (Å²) >= 11 is 3.23. The van der Waals surface area contributed by atoms with Crippen LogP contribution in [-0.2, 0) is 10.6 Å². The van der Waals surface area contributed by atoms with Crippen LogP contribution in [0.5, 0.6) is 5.75 Å². The zero-order valence-electron chi connectivity index (χ0n) is 13.7. The van der Waals surface area contributed by atoms with Crippen LogP contribution in [-0.4, -0.2) is 38.8 Å². The van der Waals surface area contributed by atoms with Crippen molar-refractivity contribution in [1.29, 1.82) is 0 Å². The average Bonchev–Trinajstić information content (AvgIpc) is 3.07. The largest absolute Gasteiger partial charge is 0.493 e. The van der Waals surface area contributed by atoms with E-state index in [0.29, 0.717) is 5.92 Å². The molecule has 2 heterocycles. The molecule has 0 fully saturated rings. The minimum Gasteiger partial charge on any atom is -0.493 e. The second-order valence-electron chi connectivity index (χ2n) is 5.88. The highest BCUT2D eigenvalue weighted by Gasteiger charge is 2.23. The predicted octanol–water partition coefficient (Wildman–Crippen LogP) is 4.44. The van der Waals surface area contributed by atoms with E-state index in [1.54, 1.807) is 7.11 Å². The van der Waals surface area contributed by atoms with Crippen molar-refractivity contribution in [2.75, 3.05) is 33.9 Å². The van der Waals surface area contributed by atoms with Crippen molar-refractivity contribution in [2.45, 2.75) is 23.7 Å². The lowest BCUT2D eigenvalue weighted by Gasteiger charge is -2.29. The molecule has 1 aliphatic rings. The van der Waals surface area contributed by atoms with Crippen molar-refractivity contribution in [3.63, 3.8) is 0 Å². The molecule has 0 radical (unpaired) electrons. The van der Waals surface area contributed by atoms with Crippen LogP contribution in [0, 0.1) is 0 Å². The van der Waals surface area contributed by atoms with Crippen LogP contribution < -0.4 is 4.74 Å². The zero-order valence-corrected chi connectivity index (χ0v) is 15.3. The molecule has 2 aromatic rings. The molecule has 3 rings (SSSR count). The lowest BCUT2D eigenvalue weighted by Crippen LogP contribution is -2.29. The normalized spacial score (nSPS) is 17.1. The Bertz CT molecular complexity index is 615. The number of nitrogens with zero attached hydrogens (tertiary/aromatic N) is 1. The molecule has 1 unspecified atom stereocenters. The van der Waals surface area contributed by atoms with Gasteiger partial charge in [0, 0.05) is 40.8 Å². The molecule has 0 saturated heterocycles. The molecule has 5 heteroatoms. The van der Waals surface area contributed by atoms with Gasteiger partial charge in [0.1, 0.15) is 5.75 Å². The lowest BCUT2D eigenvalue weighted by molar-refractivity contribution is 0.232. The number of hydrogen-bond donors (Lipinski definition) is 0. The van der Waals surface area contributed by atoms with Crippen LogP contribution in [0.25, 0.3) is 0 Å². The smallest absolute Gasteiger partial charge is 0.124 e. The highest BCUT2D eigenvalue weighted by molar-refractivity contribution is 7.94. The van der Waals surface area contributed by atoms with Crippen molar-refractivity contribution in [3.05, 3.63) is 46.2 Å². The van der Waals surface area contributed by atoms with E-state index in [1.165, 1.54) is 22.5 Å². The summed E-state index contributed by atoms with van der Waals surface area (Å²) in [6.45, 7) is 2.99. The van der Waals surface area contributed by atoms with E-state index < -0.39 is 0 Å². The summed E-state index contributed by atoms with van der Waals surface area (Å²) in [5, 5.41) is 2.15. The average molecular weight is 350 g/mol. The second kappa shape index (κ2) is 8.20. The molecule has 0 aliphatic carbocycles. The van der Waals surface area contributed by atoms with E-state index in [9.17, 15) is 0 Å². The summed E-state index contributed by atoms with van der Waals surface area (Å²) in [4.78, 5) is 5.00. The number of ether oxygens (including phenoxy) is 1. The number of benzene rings is 1. The van der Waals surface area contributed by atoms with Crippen LogP contribution in [0.1, 0.15) is 22.8 Å². The molecule has 23 heavy (non-hydrogen) atoms. The van der Waals surface area contributed by atoms with Crippen molar-refractivity contribution < 1.29 is 8.92 Å². The van der Waals surface area contributed by atoms with Gasteiger partial charge in [-0.25, -0.2) is 0 Å². The van der Waals surface area contributed by atoms with E-state index in [2.05, 4.69) is 47.7 Å². The number of hydrogen-bond acceptors (Lipinski definition) is 5. The van der Waals surface area contributed by atoms with E-state index in [1.807, 2.05) is 11.3 Å². The fraction of sp³-hybridized carbons (Fsp3) is 0.444. The Labute approximate surface area is 146 Å². The Kier molecular flexibility index (Phi) is 6.00. The molecule has 0 N–H and O–H groups in total. The summed E-state index contributed by atoms with van der Waals surface area (Å²) in [5.41, 5.74) is 1.33. The maximum Gasteiger partial charge on any atom is 0.124 e. The SMILES string of the molecule is COSc1ccc2c(c1)OCCC2CN(C)CCc1cccs1. The van der Waals surface area contributed by atoms with Gasteiger partial charge in [-0.3, -0.25) is 0 Å². The first kappa shape index (κ1) is 16.8. The molecule has 0 saturated carbocycles. The van der Waals surface area contributed by atoms with E-state index in [4.69, 9.17) is 8.92 Å². The van der Waals surface area contributed by atoms with E-state index in [-0.39, 0.29) is 0 Å². The van der Waals surface area contributed by atoms with Crippen molar-refractivity contribution in [1.82, 2.24) is 4.90 Å². The zero-order chi connectivity index (χ0) is 16.1. The van der Waals surface area contributed by atoms with E-state index >= 15 is 0 Å². The summed E-state index contributed by atoms with van der Waals surface area (Å²) in [6.07, 6.45) is 2.22. The van der Waals surface area contributed by atoms with Crippen LogP contribution in [0.15, 0.2) is 40.6 Å². The van der Waals surface area contributed by atoms with Gasteiger partial charge in [-0.1, -0.05) is 12.1 Å². The van der Waals surface area contributed by atoms with Gasteiger partial charge in [0.05, 0.1) is 13.7 Å². The van der Waals surface area contributed by atoms with Gasteiger partial charge in [-0.2, -0.15) is 0 Å². The Morgan fingerprint density at radius 3 is 3.09 bits per heavy atom. The molecule has 0 amide bonds. The van der Waals surface area contributed by atoms with Gasteiger partial charge in [-0.05, 0) is 49.0 Å². The Morgan fingerprint density at radius 1 is 1.39 bits per heavy atom. The fourth-order valence-electron chi connectivity index (χ4n) is 3.00. The summed E-state index contributed by atoms with van der Waals surface area (Å²) < 4.78 is 11.0. The van der Waals surface area contributed by atoms with Crippen molar-refractivity contribution in [3.8, 4) is 5.75 Å². The molecule has 1 aliphatic heterocycles. The summed E-state index contributed by atoms with van der Waals surface area (Å²) in [7, 11) is 3.91. The quantitative estimate of drug-likeness (QED) is 0.689. The van der Waals surface area contributed by atoms with Crippen molar-refractivity contribution in [2.24, 2.45) is 0 Å². The molecule has 1 atom stereocenters. The number of likely N-dealkylation sites (N-methyl/N-ethyl adjacent to an activating group) is 1. The maximum atomic E-state index is 5.86. The van der Waals surface area contributed by atoms with Crippen LogP contribution in [0.2, 0.25) is 0 Å². The fourth-order valence-corrected chi connectivity index (χ4v) is 4.17. The minimum absolute atomic E-state index is 0.550. The van der Waals surface area contributed by atoms with Gasteiger partial charge in [0.2, 0.25) is 0 Å². The molecular weight excluding hydrogens is 326 g/mol. The highest BCUT2D eigenvalue weighted by Crippen LogP contribution is 2.36. The molecule has 124 valence electrons. The van der Waals surface area contributed by atoms with Crippen LogP contribution in [0.4, 0.5) is 0 Å². The molecule has 0 spiro atoms. The third-order valence-corrected chi connectivity index (χ3v) is 5.73. The van der Waals surface area contributed by atoms with Gasteiger partial charge in [-0.15, -0.1) is 11.3 Å². The summed E-state index contributed by atoms with van der Waals surface area (Å²) in [5.74, 6) is 1.57.